The molecule has 298 valence electrons. The fraction of sp³-hybridized carbons (Fsp3) is 0.182. The molecule has 6 heteroatoms. The van der Waals surface area contributed by atoms with Crippen LogP contribution in [0.15, 0.2) is 164 Å². The quantitative estimate of drug-likeness (QED) is 0.165. The van der Waals surface area contributed by atoms with Crippen molar-refractivity contribution >= 4 is 16.7 Å². The van der Waals surface area contributed by atoms with E-state index in [2.05, 4.69) is 131 Å². The predicted molar refractivity (Wildman–Crippen MR) is 247 cm³/mol. The van der Waals surface area contributed by atoms with E-state index in [0.29, 0.717) is 29.0 Å². The molecule has 61 heavy (non-hydrogen) atoms. The standard InChI is InChI=1S/C55H47N5O/c1-54(2,44-26-13-14-28-48(44)61)40-22-15-21-39(33-40)47-34-46(56-50(57-47)36-17-7-5-8-18-36)35-29-31-38(32-30-35)52-58-51(37-19-9-6-10-20-37)59-53(60-52)42-24-16-27-45-49(42)41-23-11-12-25-43(41)55(45,3)4/h5-29,31,34,40,61H,30,32-33H2,1-4H3. The molecule has 0 aliphatic heterocycles. The molecule has 0 amide bonds. The normalized spacial score (nSPS) is 16.6. The zero-order valence-electron chi connectivity index (χ0n) is 35.0. The lowest BCUT2D eigenvalue weighted by Crippen LogP contribution is -2.28. The summed E-state index contributed by atoms with van der Waals surface area (Å²) < 4.78 is 0. The van der Waals surface area contributed by atoms with Crippen molar-refractivity contribution in [2.45, 2.75) is 57.8 Å². The van der Waals surface area contributed by atoms with E-state index in [4.69, 9.17) is 24.9 Å². The van der Waals surface area contributed by atoms with Gasteiger partial charge in [-0.1, -0.05) is 179 Å². The Balaban J connectivity index is 1.04. The van der Waals surface area contributed by atoms with Crippen molar-refractivity contribution < 1.29 is 5.11 Å². The van der Waals surface area contributed by atoms with Gasteiger partial charge >= 0.3 is 0 Å². The monoisotopic (exact) mass is 793 g/mol. The first-order chi connectivity index (χ1) is 29.6. The molecule has 3 aliphatic rings. The summed E-state index contributed by atoms with van der Waals surface area (Å²) in [6.07, 6.45) is 13.2. The SMILES string of the molecule is CC1(C)c2ccccc2-c2c(-c3nc(C4=CC=C(c5cc(C6=CC=CC(C(C)(C)c7ccccc7O)C6)nc(-c6ccccc6)n5)CC4)nc(-c4ccccc4)n3)cccc21. The molecule has 0 fully saturated rings. The van der Waals surface area contributed by atoms with Crippen LogP contribution in [0.25, 0.3) is 62.0 Å². The van der Waals surface area contributed by atoms with Crippen LogP contribution in [0.5, 0.6) is 5.75 Å². The lowest BCUT2D eigenvalue weighted by Gasteiger charge is -2.35. The van der Waals surface area contributed by atoms with Gasteiger partial charge in [-0.25, -0.2) is 24.9 Å². The largest absolute Gasteiger partial charge is 0.508 e. The van der Waals surface area contributed by atoms with Crippen LogP contribution in [-0.4, -0.2) is 30.0 Å². The molecular weight excluding hydrogens is 747 g/mol. The number of aromatic hydroxyl groups is 1. The molecule has 5 aromatic carbocycles. The number of rotatable bonds is 8. The minimum atomic E-state index is -0.302. The molecule has 0 saturated carbocycles. The molecule has 6 nitrogen and oxygen atoms in total. The van der Waals surface area contributed by atoms with Crippen molar-refractivity contribution in [2.75, 3.05) is 0 Å². The fourth-order valence-electron chi connectivity index (χ4n) is 9.41. The second-order valence-corrected chi connectivity index (χ2v) is 17.4. The molecule has 1 N–H and O–H groups in total. The number of hydrogen-bond donors (Lipinski definition) is 1. The zero-order chi connectivity index (χ0) is 41.7. The van der Waals surface area contributed by atoms with E-state index in [1.54, 1.807) is 6.07 Å². The highest BCUT2D eigenvalue weighted by Crippen LogP contribution is 2.52. The number of fused-ring (bicyclic) bond motifs is 3. The minimum absolute atomic E-state index is 0.136. The Hall–Kier alpha value is -7.05. The van der Waals surface area contributed by atoms with E-state index >= 15 is 0 Å². The van der Waals surface area contributed by atoms with Crippen LogP contribution in [0.4, 0.5) is 0 Å². The first kappa shape index (κ1) is 38.2. The third kappa shape index (κ3) is 6.92. The fourth-order valence-corrected chi connectivity index (χ4v) is 9.41. The predicted octanol–water partition coefficient (Wildman–Crippen LogP) is 12.9. The molecule has 1 atom stereocenters. The lowest BCUT2D eigenvalue weighted by molar-refractivity contribution is 0.363. The van der Waals surface area contributed by atoms with Gasteiger partial charge in [0.25, 0.3) is 0 Å². The topological polar surface area (TPSA) is 84.7 Å². The maximum atomic E-state index is 10.8. The van der Waals surface area contributed by atoms with Crippen LogP contribution in [0, 0.1) is 5.92 Å². The third-order valence-electron chi connectivity index (χ3n) is 13.0. The smallest absolute Gasteiger partial charge is 0.164 e. The molecule has 0 saturated heterocycles. The Labute approximate surface area is 357 Å². The van der Waals surface area contributed by atoms with Gasteiger partial charge in [0.15, 0.2) is 23.3 Å². The Morgan fingerprint density at radius 2 is 1.11 bits per heavy atom. The number of hydrogen-bond acceptors (Lipinski definition) is 6. The molecule has 10 rings (SSSR count). The number of nitrogens with zero attached hydrogens (tertiary/aromatic N) is 5. The van der Waals surface area contributed by atoms with Gasteiger partial charge in [-0.2, -0.15) is 0 Å². The summed E-state index contributed by atoms with van der Waals surface area (Å²) in [5.41, 5.74) is 13.7. The van der Waals surface area contributed by atoms with Crippen molar-refractivity contribution in [3.05, 3.63) is 198 Å². The molecule has 0 radical (unpaired) electrons. The van der Waals surface area contributed by atoms with Crippen molar-refractivity contribution in [1.29, 1.82) is 0 Å². The highest BCUT2D eigenvalue weighted by molar-refractivity contribution is 5.91. The second kappa shape index (κ2) is 15.2. The summed E-state index contributed by atoms with van der Waals surface area (Å²) in [7, 11) is 0. The first-order valence-corrected chi connectivity index (χ1v) is 21.2. The van der Waals surface area contributed by atoms with Gasteiger partial charge < -0.3 is 5.11 Å². The van der Waals surface area contributed by atoms with E-state index in [0.717, 1.165) is 69.6 Å². The van der Waals surface area contributed by atoms with Crippen LogP contribution in [0.2, 0.25) is 0 Å². The van der Waals surface area contributed by atoms with Gasteiger partial charge in [-0.15, -0.1) is 0 Å². The van der Waals surface area contributed by atoms with Gasteiger partial charge in [0, 0.05) is 27.7 Å². The van der Waals surface area contributed by atoms with Crippen molar-refractivity contribution in [2.24, 2.45) is 5.92 Å². The molecule has 0 spiro atoms. The molecule has 7 aromatic rings. The summed E-state index contributed by atoms with van der Waals surface area (Å²) >= 11 is 0. The average Bonchev–Trinajstić information content (AvgIpc) is 3.55. The molecule has 1 unspecified atom stereocenters. The van der Waals surface area contributed by atoms with E-state index in [1.807, 2.05) is 54.6 Å². The number of phenols is 1. The lowest BCUT2D eigenvalue weighted by atomic mass is 9.69. The molecular formula is C55H47N5O. The van der Waals surface area contributed by atoms with Gasteiger partial charge in [-0.05, 0) is 81.7 Å². The highest BCUT2D eigenvalue weighted by Gasteiger charge is 2.37. The summed E-state index contributed by atoms with van der Waals surface area (Å²) in [5, 5.41) is 10.8. The Morgan fingerprint density at radius 3 is 1.84 bits per heavy atom. The van der Waals surface area contributed by atoms with Crippen LogP contribution in [-0.2, 0) is 10.8 Å². The van der Waals surface area contributed by atoms with E-state index < -0.39 is 0 Å². The van der Waals surface area contributed by atoms with Gasteiger partial charge in [-0.3, -0.25) is 0 Å². The molecule has 0 bridgehead atoms. The number of phenolic OH excluding ortho intramolecular Hbond substituents is 1. The van der Waals surface area contributed by atoms with Crippen LogP contribution in [0.1, 0.15) is 80.9 Å². The van der Waals surface area contributed by atoms with Crippen molar-refractivity contribution in [1.82, 2.24) is 24.9 Å². The minimum Gasteiger partial charge on any atom is -0.508 e. The summed E-state index contributed by atoms with van der Waals surface area (Å²) in [6, 6.07) is 45.5. The van der Waals surface area contributed by atoms with E-state index in [-0.39, 0.29) is 16.7 Å². The zero-order valence-corrected chi connectivity index (χ0v) is 35.0. The second-order valence-electron chi connectivity index (χ2n) is 17.4. The summed E-state index contributed by atoms with van der Waals surface area (Å²) in [4.78, 5) is 25.9. The van der Waals surface area contributed by atoms with Crippen LogP contribution < -0.4 is 0 Å². The van der Waals surface area contributed by atoms with Crippen molar-refractivity contribution in [3.8, 4) is 51.0 Å². The van der Waals surface area contributed by atoms with Gasteiger partial charge in [0.2, 0.25) is 0 Å². The molecule has 2 aromatic heterocycles. The average molecular weight is 794 g/mol. The van der Waals surface area contributed by atoms with Gasteiger partial charge in [0.05, 0.1) is 11.4 Å². The van der Waals surface area contributed by atoms with Crippen LogP contribution in [0.3, 0.4) is 0 Å². The molecule has 3 aliphatic carbocycles. The van der Waals surface area contributed by atoms with E-state index in [1.165, 1.54) is 22.3 Å². The number of benzene rings is 5. The van der Waals surface area contributed by atoms with Crippen LogP contribution >= 0.6 is 0 Å². The Bertz CT molecular complexity index is 2960. The first-order valence-electron chi connectivity index (χ1n) is 21.2. The number of aromatic nitrogens is 5. The number of allylic oxidation sites excluding steroid dienone is 8. The van der Waals surface area contributed by atoms with E-state index in [9.17, 15) is 5.11 Å². The van der Waals surface area contributed by atoms with Crippen molar-refractivity contribution in [3.63, 3.8) is 0 Å². The maximum Gasteiger partial charge on any atom is 0.164 e. The molecule has 2 heterocycles. The van der Waals surface area contributed by atoms with Gasteiger partial charge in [0.1, 0.15) is 5.75 Å². The third-order valence-corrected chi connectivity index (χ3v) is 13.0. The number of para-hydroxylation sites is 1. The maximum absolute atomic E-state index is 10.8. The Kier molecular flexibility index (Phi) is 9.51. The Morgan fingerprint density at radius 1 is 0.541 bits per heavy atom. The summed E-state index contributed by atoms with van der Waals surface area (Å²) in [5.74, 6) is 3.20. The summed E-state index contributed by atoms with van der Waals surface area (Å²) in [6.45, 7) is 9.02. The highest BCUT2D eigenvalue weighted by atomic mass is 16.3.